The van der Waals surface area contributed by atoms with Gasteiger partial charge in [-0.2, -0.15) is 0 Å². The Labute approximate surface area is 211 Å². The predicted molar refractivity (Wildman–Crippen MR) is 137 cm³/mol. The van der Waals surface area contributed by atoms with Crippen molar-refractivity contribution in [3.63, 3.8) is 0 Å². The first-order chi connectivity index (χ1) is 16.0. The predicted octanol–water partition coefficient (Wildman–Crippen LogP) is 5.55. The van der Waals surface area contributed by atoms with Gasteiger partial charge in [0.25, 0.3) is 0 Å². The number of carboxylic acids is 1. The van der Waals surface area contributed by atoms with Crippen LogP contribution in [0.4, 0.5) is 0 Å². The van der Waals surface area contributed by atoms with Crippen LogP contribution in [-0.4, -0.2) is 39.3 Å². The summed E-state index contributed by atoms with van der Waals surface area (Å²) < 4.78 is 0. The summed E-state index contributed by atoms with van der Waals surface area (Å²) in [7, 11) is 0. The molecular formula is C30H46O5. The van der Waals surface area contributed by atoms with E-state index >= 15 is 0 Å². The number of Topliss-reactive ketones (excluding diaryl/α,β-unsaturated/α-hetero) is 1. The minimum atomic E-state index is -0.930. The highest BCUT2D eigenvalue weighted by atomic mass is 16.4. The van der Waals surface area contributed by atoms with E-state index in [1.807, 2.05) is 13.0 Å². The van der Waals surface area contributed by atoms with Crippen LogP contribution in [0.25, 0.3) is 0 Å². The Morgan fingerprint density at radius 3 is 2.34 bits per heavy atom. The molecule has 4 rings (SSSR count). The van der Waals surface area contributed by atoms with Crippen LogP contribution in [0, 0.1) is 44.8 Å². The summed E-state index contributed by atoms with van der Waals surface area (Å²) in [5, 5.41) is 32.0. The van der Waals surface area contributed by atoms with Gasteiger partial charge in [0.15, 0.2) is 0 Å². The first-order valence-electron chi connectivity index (χ1n) is 13.6. The van der Waals surface area contributed by atoms with Gasteiger partial charge in [-0.25, -0.2) is 0 Å². The highest BCUT2D eigenvalue weighted by Gasteiger charge is 2.67. The average Bonchev–Trinajstić information content (AvgIpc) is 2.76. The molecule has 0 bridgehead atoms. The summed E-state index contributed by atoms with van der Waals surface area (Å²) in [5.41, 5.74) is -0.529. The van der Waals surface area contributed by atoms with Gasteiger partial charge in [-0.15, -0.1) is 0 Å². The maximum atomic E-state index is 12.6. The normalized spacial score (nSPS) is 47.1. The summed E-state index contributed by atoms with van der Waals surface area (Å²) in [6.07, 6.45) is 10.1. The largest absolute Gasteiger partial charge is 0.481 e. The topological polar surface area (TPSA) is 94.8 Å². The zero-order valence-electron chi connectivity index (χ0n) is 22.7. The molecule has 0 saturated heterocycles. The van der Waals surface area contributed by atoms with Crippen molar-refractivity contribution in [2.24, 2.45) is 44.8 Å². The van der Waals surface area contributed by atoms with Gasteiger partial charge < -0.3 is 15.3 Å². The van der Waals surface area contributed by atoms with Gasteiger partial charge >= 0.3 is 5.97 Å². The zero-order valence-corrected chi connectivity index (χ0v) is 22.7. The number of allylic oxidation sites excluding steroid dienone is 3. The van der Waals surface area contributed by atoms with E-state index in [1.165, 1.54) is 0 Å². The fourth-order valence-electron chi connectivity index (χ4n) is 9.02. The van der Waals surface area contributed by atoms with Crippen LogP contribution >= 0.6 is 0 Å². The van der Waals surface area contributed by atoms with E-state index in [2.05, 4.69) is 46.8 Å². The molecule has 9 unspecified atom stereocenters. The molecule has 0 heterocycles. The number of hydrogen-bond acceptors (Lipinski definition) is 4. The van der Waals surface area contributed by atoms with Gasteiger partial charge in [0.2, 0.25) is 0 Å². The molecule has 2 fully saturated rings. The number of aliphatic hydroxyl groups is 2. The Bertz CT molecular complexity index is 964. The maximum absolute atomic E-state index is 12.6. The number of carboxylic acid groups (broad SMARTS) is 1. The molecule has 0 aromatic rings. The second-order valence-electron chi connectivity index (χ2n) is 13.8. The number of fused-ring (bicyclic) bond motifs is 5. The van der Waals surface area contributed by atoms with E-state index < -0.39 is 23.6 Å². The first-order valence-corrected chi connectivity index (χ1v) is 13.6. The molecule has 0 aliphatic heterocycles. The van der Waals surface area contributed by atoms with E-state index in [4.69, 9.17) is 0 Å². The Morgan fingerprint density at radius 2 is 1.74 bits per heavy atom. The molecule has 0 aromatic heterocycles. The molecular weight excluding hydrogens is 440 g/mol. The molecule has 0 radical (unpaired) electrons. The van der Waals surface area contributed by atoms with Crippen LogP contribution < -0.4 is 0 Å². The monoisotopic (exact) mass is 486 g/mol. The third-order valence-corrected chi connectivity index (χ3v) is 11.8. The van der Waals surface area contributed by atoms with Crippen molar-refractivity contribution in [3.8, 4) is 0 Å². The second kappa shape index (κ2) is 8.28. The Hall–Kier alpha value is -1.46. The van der Waals surface area contributed by atoms with E-state index in [-0.39, 0.29) is 39.3 Å². The van der Waals surface area contributed by atoms with E-state index in [0.29, 0.717) is 31.6 Å². The van der Waals surface area contributed by atoms with Gasteiger partial charge in [-0.1, -0.05) is 59.8 Å². The lowest BCUT2D eigenvalue weighted by atomic mass is 9.36. The van der Waals surface area contributed by atoms with Crippen LogP contribution in [0.1, 0.15) is 93.4 Å². The van der Waals surface area contributed by atoms with Crippen molar-refractivity contribution in [3.05, 3.63) is 23.8 Å². The molecule has 0 amide bonds. The molecule has 196 valence electrons. The number of carbonyl (C=O) groups excluding carboxylic acids is 1. The van der Waals surface area contributed by atoms with Gasteiger partial charge in [-0.3, -0.25) is 9.59 Å². The second-order valence-corrected chi connectivity index (χ2v) is 13.8. The minimum absolute atomic E-state index is 0.0612. The van der Waals surface area contributed by atoms with Crippen LogP contribution in [0.15, 0.2) is 23.8 Å². The number of hydrogen-bond donors (Lipinski definition) is 3. The quantitative estimate of drug-likeness (QED) is 0.474. The number of aliphatic carboxylic acids is 1. The van der Waals surface area contributed by atoms with Gasteiger partial charge in [0, 0.05) is 5.92 Å². The Morgan fingerprint density at radius 1 is 1.09 bits per heavy atom. The van der Waals surface area contributed by atoms with Gasteiger partial charge in [0.1, 0.15) is 5.78 Å². The van der Waals surface area contributed by atoms with Crippen molar-refractivity contribution >= 4 is 11.8 Å². The Kier molecular flexibility index (Phi) is 6.29. The smallest absolute Gasteiger partial charge is 0.313 e. The molecule has 0 aromatic carbocycles. The molecule has 5 nitrogen and oxygen atoms in total. The standard InChI is InChI=1S/C30H46O5/c1-18(19(2)31)10-13-30(25(34)35)15-14-28(6)20(16-30)8-9-23-27(5)17-21(32)24(33)26(3,4)22(27)11-12-29(23,28)7/h8-9,16,18,21-24,32-33H,10-15,17H2,1-7H3,(H,34,35). The van der Waals surface area contributed by atoms with Crippen LogP contribution in [0.3, 0.4) is 0 Å². The van der Waals surface area contributed by atoms with E-state index in [0.717, 1.165) is 24.8 Å². The SMILES string of the molecule is CC(=O)C(C)CCC1(C(=O)O)C=C2C=CC3C4(C)CC(O)C(O)C(C)(C)C4CCC3(C)C2(C)CC1. The highest BCUT2D eigenvalue weighted by molar-refractivity contribution is 5.79. The van der Waals surface area contributed by atoms with Crippen molar-refractivity contribution in [2.75, 3.05) is 0 Å². The van der Waals surface area contributed by atoms with Crippen molar-refractivity contribution in [2.45, 2.75) is 106 Å². The van der Waals surface area contributed by atoms with E-state index in [9.17, 15) is 24.9 Å². The molecule has 4 aliphatic carbocycles. The molecule has 5 heteroatoms. The number of carbonyl (C=O) groups is 2. The lowest BCUT2D eigenvalue weighted by Crippen LogP contribution is -2.65. The number of aliphatic hydroxyl groups excluding tert-OH is 2. The minimum Gasteiger partial charge on any atom is -0.481 e. The van der Waals surface area contributed by atoms with Crippen molar-refractivity contribution < 1.29 is 24.9 Å². The van der Waals surface area contributed by atoms with Crippen LogP contribution in [0.2, 0.25) is 0 Å². The molecule has 9 atom stereocenters. The zero-order chi connectivity index (χ0) is 26.2. The molecule has 3 N–H and O–H groups in total. The third-order valence-electron chi connectivity index (χ3n) is 11.8. The summed E-state index contributed by atoms with van der Waals surface area (Å²) in [5.74, 6) is -0.259. The summed E-state index contributed by atoms with van der Waals surface area (Å²) in [6, 6.07) is 0. The molecule has 35 heavy (non-hydrogen) atoms. The molecule has 0 spiro atoms. The van der Waals surface area contributed by atoms with Crippen LogP contribution in [0.5, 0.6) is 0 Å². The van der Waals surface area contributed by atoms with Gasteiger partial charge in [-0.05, 0) is 90.9 Å². The average molecular weight is 487 g/mol. The molecule has 2 saturated carbocycles. The number of rotatable bonds is 5. The highest BCUT2D eigenvalue weighted by Crippen LogP contribution is 2.72. The summed E-state index contributed by atoms with van der Waals surface area (Å²) in [4.78, 5) is 24.4. The van der Waals surface area contributed by atoms with Crippen LogP contribution in [-0.2, 0) is 9.59 Å². The Balaban J connectivity index is 1.75. The summed E-state index contributed by atoms with van der Waals surface area (Å²) in [6.45, 7) is 14.7. The fourth-order valence-corrected chi connectivity index (χ4v) is 9.02. The first kappa shape index (κ1) is 26.6. The fraction of sp³-hybridized carbons (Fsp3) is 0.800. The lowest BCUT2D eigenvalue weighted by molar-refractivity contribution is -0.216. The van der Waals surface area contributed by atoms with E-state index in [1.54, 1.807) is 6.92 Å². The number of ketones is 1. The third kappa shape index (κ3) is 3.62. The maximum Gasteiger partial charge on any atom is 0.313 e. The van der Waals surface area contributed by atoms with Crippen molar-refractivity contribution in [1.82, 2.24) is 0 Å². The van der Waals surface area contributed by atoms with Crippen molar-refractivity contribution in [1.29, 1.82) is 0 Å². The molecule has 4 aliphatic rings. The van der Waals surface area contributed by atoms with Gasteiger partial charge in [0.05, 0.1) is 17.6 Å². The lowest BCUT2D eigenvalue weighted by Gasteiger charge is -2.69. The summed E-state index contributed by atoms with van der Waals surface area (Å²) >= 11 is 0.